The van der Waals surface area contributed by atoms with E-state index < -0.39 is 28.4 Å². The largest absolute Gasteiger partial charge is 1.00 e. The Kier molecular flexibility index (Phi) is 13.3. The van der Waals surface area contributed by atoms with Crippen LogP contribution < -0.4 is 34.7 Å². The van der Waals surface area contributed by atoms with Gasteiger partial charge in [0.2, 0.25) is 0 Å². The van der Waals surface area contributed by atoms with Gasteiger partial charge in [-0.15, -0.1) is 6.61 Å². The molecule has 0 fully saturated rings. The third-order valence-corrected chi connectivity index (χ3v) is 3.14. The Morgan fingerprint density at radius 3 is 2.29 bits per heavy atom. The molecule has 5 nitrogen and oxygen atoms in total. The second-order valence-corrected chi connectivity index (χ2v) is 5.28. The third-order valence-electron chi connectivity index (χ3n) is 2.04. The van der Waals surface area contributed by atoms with Gasteiger partial charge in [0.25, 0.3) is 0 Å². The van der Waals surface area contributed by atoms with Crippen molar-refractivity contribution in [2.45, 2.75) is 45.4 Å². The van der Waals surface area contributed by atoms with Crippen LogP contribution in [0, 0.1) is 0 Å². The Balaban J connectivity index is 0. The zero-order chi connectivity index (χ0) is 12.4. The first-order valence-corrected chi connectivity index (χ1v) is 7.12. The van der Waals surface area contributed by atoms with Crippen LogP contribution in [0.2, 0.25) is 0 Å². The van der Waals surface area contributed by atoms with Crippen LogP contribution in [0.15, 0.2) is 0 Å². The summed E-state index contributed by atoms with van der Waals surface area (Å²) in [6.07, 6.45) is 4.89. The second-order valence-electron chi connectivity index (χ2n) is 3.59. The van der Waals surface area contributed by atoms with E-state index in [0.717, 1.165) is 25.7 Å². The van der Waals surface area contributed by atoms with E-state index in [9.17, 15) is 18.3 Å². The molecular weight excluding hydrogens is 255 g/mol. The van der Waals surface area contributed by atoms with Crippen molar-refractivity contribution in [1.82, 2.24) is 0 Å². The summed E-state index contributed by atoms with van der Waals surface area (Å²) in [5.41, 5.74) is 0. The maximum absolute atomic E-state index is 11.1. The van der Waals surface area contributed by atoms with Gasteiger partial charge in [-0.25, -0.2) is 0 Å². The van der Waals surface area contributed by atoms with Crippen LogP contribution in [0.3, 0.4) is 0 Å². The first-order chi connectivity index (χ1) is 7.52. The summed E-state index contributed by atoms with van der Waals surface area (Å²) in [6.45, 7) is 1.30. The van der Waals surface area contributed by atoms with Crippen molar-refractivity contribution in [1.29, 1.82) is 0 Å². The molecule has 0 saturated carbocycles. The Bertz CT molecular complexity index is 289. The van der Waals surface area contributed by atoms with Gasteiger partial charge in [-0.2, -0.15) is 8.42 Å². The molecule has 7 heteroatoms. The van der Waals surface area contributed by atoms with E-state index in [4.69, 9.17) is 0 Å². The van der Waals surface area contributed by atoms with Crippen molar-refractivity contribution in [3.8, 4) is 0 Å². The zero-order valence-corrected chi connectivity index (χ0v) is 13.4. The number of rotatable bonds is 9. The van der Waals surface area contributed by atoms with Crippen molar-refractivity contribution in [2.75, 3.05) is 12.4 Å². The van der Waals surface area contributed by atoms with E-state index in [1.54, 1.807) is 0 Å². The molecule has 96 valence electrons. The van der Waals surface area contributed by atoms with Crippen molar-refractivity contribution in [2.24, 2.45) is 0 Å². The molecule has 0 aliphatic rings. The molecule has 0 amide bonds. The maximum atomic E-state index is 11.1. The maximum Gasteiger partial charge on any atom is 1.00 e. The second kappa shape index (κ2) is 11.5. The normalized spacial score (nSPS) is 10.7. The van der Waals surface area contributed by atoms with Gasteiger partial charge >= 0.3 is 45.6 Å². The van der Waals surface area contributed by atoms with Gasteiger partial charge in [0.1, 0.15) is 0 Å². The van der Waals surface area contributed by atoms with E-state index in [1.165, 1.54) is 0 Å². The molecule has 0 atom stereocenters. The molecule has 0 spiro atoms. The van der Waals surface area contributed by atoms with E-state index in [1.807, 2.05) is 0 Å². The summed E-state index contributed by atoms with van der Waals surface area (Å²) >= 11 is 0. The molecular formula is C10H19NaO5S. The fraction of sp³-hybridized carbons (Fsp3) is 0.900. The Labute approximate surface area is 125 Å². The van der Waals surface area contributed by atoms with Gasteiger partial charge in [0.15, 0.2) is 0 Å². The standard InChI is InChI=1S/C10H19O5S.Na/c1-2-3-4-5-6-7-10(12)15-16(13,14)9-8-11;/h2-9H2,1H3;/q-1;+1. The van der Waals surface area contributed by atoms with Crippen molar-refractivity contribution < 1.29 is 52.1 Å². The topological polar surface area (TPSA) is 83.5 Å². The monoisotopic (exact) mass is 274 g/mol. The minimum Gasteiger partial charge on any atom is -0.854 e. The van der Waals surface area contributed by atoms with E-state index in [0.29, 0.717) is 6.42 Å². The van der Waals surface area contributed by atoms with E-state index in [-0.39, 0.29) is 36.0 Å². The average Bonchev–Trinajstić information content (AvgIpc) is 2.16. The summed E-state index contributed by atoms with van der Waals surface area (Å²) in [4.78, 5) is 11.1. The third kappa shape index (κ3) is 12.6. The van der Waals surface area contributed by atoms with E-state index in [2.05, 4.69) is 11.1 Å². The van der Waals surface area contributed by atoms with Crippen LogP contribution in [0.1, 0.15) is 45.4 Å². The predicted octanol–water partition coefficient (Wildman–Crippen LogP) is -2.42. The Hall–Kier alpha value is 0.380. The first-order valence-electron chi connectivity index (χ1n) is 5.55. The first kappa shape index (κ1) is 19.7. The average molecular weight is 274 g/mol. The summed E-state index contributed by atoms with van der Waals surface area (Å²) in [6, 6.07) is 0. The SMILES string of the molecule is CCCCCCCC(=O)OS(=O)(=O)CC[O-].[Na+]. The molecule has 0 N–H and O–H groups in total. The molecule has 0 radical (unpaired) electrons. The van der Waals surface area contributed by atoms with Gasteiger partial charge in [0, 0.05) is 6.42 Å². The van der Waals surface area contributed by atoms with Crippen molar-refractivity contribution >= 4 is 16.1 Å². The molecule has 0 heterocycles. The smallest absolute Gasteiger partial charge is 0.854 e. The van der Waals surface area contributed by atoms with Crippen LogP contribution in [-0.4, -0.2) is 26.7 Å². The van der Waals surface area contributed by atoms with Gasteiger partial charge in [0.05, 0.1) is 5.75 Å². The summed E-state index contributed by atoms with van der Waals surface area (Å²) < 4.78 is 26.1. The summed E-state index contributed by atoms with van der Waals surface area (Å²) in [5.74, 6) is -1.40. The Morgan fingerprint density at radius 1 is 1.18 bits per heavy atom. The van der Waals surface area contributed by atoms with Gasteiger partial charge in [-0.3, -0.25) is 4.79 Å². The van der Waals surface area contributed by atoms with Gasteiger partial charge in [-0.05, 0) is 6.42 Å². The fourth-order valence-corrected chi connectivity index (χ4v) is 1.85. The molecule has 0 aliphatic carbocycles. The quantitative estimate of drug-likeness (QED) is 0.265. The molecule has 0 aromatic heterocycles. The number of unbranched alkanes of at least 4 members (excludes halogenated alkanes) is 4. The van der Waals surface area contributed by atoms with Crippen LogP contribution in [0.25, 0.3) is 0 Å². The zero-order valence-electron chi connectivity index (χ0n) is 10.6. The fourth-order valence-electron chi connectivity index (χ4n) is 1.20. The molecule has 0 saturated heterocycles. The van der Waals surface area contributed by atoms with Crippen molar-refractivity contribution in [3.63, 3.8) is 0 Å². The van der Waals surface area contributed by atoms with Gasteiger partial charge in [-0.1, -0.05) is 32.6 Å². The molecule has 17 heavy (non-hydrogen) atoms. The molecule has 0 unspecified atom stereocenters. The van der Waals surface area contributed by atoms with Gasteiger partial charge < -0.3 is 9.29 Å². The van der Waals surface area contributed by atoms with Crippen LogP contribution in [0.5, 0.6) is 0 Å². The van der Waals surface area contributed by atoms with Crippen LogP contribution >= 0.6 is 0 Å². The molecule has 0 aliphatic heterocycles. The summed E-state index contributed by atoms with van der Waals surface area (Å²) in [5, 5.41) is 10.1. The van der Waals surface area contributed by atoms with Crippen LogP contribution in [-0.2, 0) is 19.1 Å². The number of carbonyl (C=O) groups excluding carboxylic acids is 1. The molecule has 0 aromatic rings. The van der Waals surface area contributed by atoms with Crippen LogP contribution in [0.4, 0.5) is 0 Å². The summed E-state index contributed by atoms with van der Waals surface area (Å²) in [7, 11) is -3.94. The minimum absolute atomic E-state index is 0. The van der Waals surface area contributed by atoms with Crippen molar-refractivity contribution in [3.05, 3.63) is 0 Å². The number of hydrogen-bond acceptors (Lipinski definition) is 5. The molecule has 0 bridgehead atoms. The molecule has 0 rings (SSSR count). The number of carbonyl (C=O) groups is 1. The molecule has 0 aromatic carbocycles. The Morgan fingerprint density at radius 2 is 1.76 bits per heavy atom. The van der Waals surface area contributed by atoms with E-state index >= 15 is 0 Å². The minimum atomic E-state index is -3.94. The predicted molar refractivity (Wildman–Crippen MR) is 58.1 cm³/mol. The number of hydrogen-bond donors (Lipinski definition) is 0.